The molecule has 3 aliphatic rings. The van der Waals surface area contributed by atoms with Gasteiger partial charge < -0.3 is 23.7 Å². The number of nitrogens with zero attached hydrogens (tertiary/aromatic N) is 1. The molecule has 0 spiro atoms. The molecule has 0 unspecified atom stereocenters. The number of ether oxygens (including phenoxy) is 5. The fourth-order valence-electron chi connectivity index (χ4n) is 3.29. The van der Waals surface area contributed by atoms with Crippen molar-refractivity contribution in [2.45, 2.75) is 70.0 Å². The lowest BCUT2D eigenvalue weighted by Crippen LogP contribution is -2.58. The standard InChI is InChI=1S/C15H20N2O6S/c1-14(2)20-7-8(21-14)10-12(23-15(3,4)22-10)19-9(7)11(18)17-13-16-5-6-24-13/h5-10,12H,1-4H3,(H,16,17,18)/t7-,8-,9+,10+,12-/m0/s1. The highest BCUT2D eigenvalue weighted by Gasteiger charge is 2.62. The molecule has 24 heavy (non-hydrogen) atoms. The van der Waals surface area contributed by atoms with E-state index in [2.05, 4.69) is 10.3 Å². The van der Waals surface area contributed by atoms with Crippen molar-refractivity contribution in [1.82, 2.24) is 4.98 Å². The molecule has 4 rings (SSSR count). The van der Waals surface area contributed by atoms with Crippen LogP contribution >= 0.6 is 11.3 Å². The first kappa shape index (κ1) is 16.4. The monoisotopic (exact) mass is 356 g/mol. The Bertz CT molecular complexity index is 634. The van der Waals surface area contributed by atoms with Crippen molar-refractivity contribution >= 4 is 22.4 Å². The molecule has 0 aliphatic carbocycles. The third kappa shape index (κ3) is 2.85. The zero-order valence-electron chi connectivity index (χ0n) is 13.8. The highest BCUT2D eigenvalue weighted by atomic mass is 32.1. The molecule has 4 heterocycles. The maximum Gasteiger partial charge on any atom is 0.258 e. The number of thiazole rings is 1. The second kappa shape index (κ2) is 5.45. The molecule has 132 valence electrons. The summed E-state index contributed by atoms with van der Waals surface area (Å²) in [6, 6.07) is 0. The van der Waals surface area contributed by atoms with Crippen LogP contribution in [-0.2, 0) is 28.5 Å². The van der Waals surface area contributed by atoms with Gasteiger partial charge in [0.15, 0.2) is 29.1 Å². The van der Waals surface area contributed by atoms with E-state index in [9.17, 15) is 4.79 Å². The van der Waals surface area contributed by atoms with Crippen molar-refractivity contribution < 1.29 is 28.5 Å². The van der Waals surface area contributed by atoms with Crippen LogP contribution in [0.15, 0.2) is 11.6 Å². The zero-order chi connectivity index (χ0) is 17.1. The molecule has 0 aromatic carbocycles. The topological polar surface area (TPSA) is 88.1 Å². The van der Waals surface area contributed by atoms with Gasteiger partial charge in [0.05, 0.1) is 0 Å². The quantitative estimate of drug-likeness (QED) is 0.858. The van der Waals surface area contributed by atoms with Crippen LogP contribution in [0.25, 0.3) is 0 Å². The molecular formula is C15H20N2O6S. The number of carbonyl (C=O) groups is 1. The predicted molar refractivity (Wildman–Crippen MR) is 83.3 cm³/mol. The summed E-state index contributed by atoms with van der Waals surface area (Å²) < 4.78 is 29.4. The lowest BCUT2D eigenvalue weighted by molar-refractivity contribution is -0.229. The Hall–Kier alpha value is -1.10. The van der Waals surface area contributed by atoms with Crippen LogP contribution < -0.4 is 5.32 Å². The minimum atomic E-state index is -0.876. The van der Waals surface area contributed by atoms with Gasteiger partial charge in [0.1, 0.15) is 18.3 Å². The summed E-state index contributed by atoms with van der Waals surface area (Å²) in [6.45, 7) is 7.21. The fraction of sp³-hybridized carbons (Fsp3) is 0.733. The third-order valence-corrected chi connectivity index (χ3v) is 4.76. The Balaban J connectivity index is 1.59. The number of hydrogen-bond donors (Lipinski definition) is 1. The van der Waals surface area contributed by atoms with Crippen LogP contribution in [-0.4, -0.2) is 53.2 Å². The van der Waals surface area contributed by atoms with E-state index in [0.29, 0.717) is 5.13 Å². The number of anilines is 1. The fourth-order valence-corrected chi connectivity index (χ4v) is 3.82. The average Bonchev–Trinajstić information content (AvgIpc) is 3.13. The highest BCUT2D eigenvalue weighted by Crippen LogP contribution is 2.44. The molecule has 0 radical (unpaired) electrons. The number of carbonyl (C=O) groups excluding carboxylic acids is 1. The highest BCUT2D eigenvalue weighted by molar-refractivity contribution is 7.13. The van der Waals surface area contributed by atoms with E-state index in [4.69, 9.17) is 23.7 Å². The molecular weight excluding hydrogens is 336 g/mol. The minimum Gasteiger partial charge on any atom is -0.342 e. The molecule has 0 saturated carbocycles. The lowest BCUT2D eigenvalue weighted by atomic mass is 9.98. The van der Waals surface area contributed by atoms with Crippen molar-refractivity contribution in [2.75, 3.05) is 5.32 Å². The van der Waals surface area contributed by atoms with Crippen molar-refractivity contribution in [3.8, 4) is 0 Å². The zero-order valence-corrected chi connectivity index (χ0v) is 14.7. The smallest absolute Gasteiger partial charge is 0.258 e. The molecule has 1 amide bonds. The van der Waals surface area contributed by atoms with E-state index in [1.54, 1.807) is 39.3 Å². The van der Waals surface area contributed by atoms with Crippen LogP contribution in [0, 0.1) is 0 Å². The van der Waals surface area contributed by atoms with Crippen molar-refractivity contribution in [2.24, 2.45) is 0 Å². The summed E-state index contributed by atoms with van der Waals surface area (Å²) in [5.41, 5.74) is 0. The minimum absolute atomic E-state index is 0.340. The number of amides is 1. The normalized spacial score (nSPS) is 39.2. The molecule has 3 fully saturated rings. The van der Waals surface area contributed by atoms with Gasteiger partial charge in [-0.1, -0.05) is 0 Å². The molecule has 1 N–H and O–H groups in total. The van der Waals surface area contributed by atoms with Gasteiger partial charge in [-0.05, 0) is 27.7 Å². The Labute approximate surface area is 143 Å². The Morgan fingerprint density at radius 1 is 1.08 bits per heavy atom. The maximum absolute atomic E-state index is 12.7. The molecule has 0 bridgehead atoms. The average molecular weight is 356 g/mol. The molecule has 5 atom stereocenters. The Kier molecular flexibility index (Phi) is 3.72. The molecule has 1 aromatic rings. The van der Waals surface area contributed by atoms with Gasteiger partial charge in [-0.2, -0.15) is 0 Å². The summed E-state index contributed by atoms with van der Waals surface area (Å²) in [6.07, 6.45) is -1.43. The van der Waals surface area contributed by atoms with Crippen LogP contribution in [0.1, 0.15) is 27.7 Å². The van der Waals surface area contributed by atoms with E-state index in [-0.39, 0.29) is 5.91 Å². The Morgan fingerprint density at radius 3 is 2.46 bits per heavy atom. The van der Waals surface area contributed by atoms with E-state index in [1.165, 1.54) is 11.3 Å². The predicted octanol–water partition coefficient (Wildman–Crippen LogP) is 1.48. The molecule has 9 heteroatoms. The van der Waals surface area contributed by atoms with Gasteiger partial charge in [-0.25, -0.2) is 4.98 Å². The van der Waals surface area contributed by atoms with E-state index < -0.39 is 42.3 Å². The first-order valence-corrected chi connectivity index (χ1v) is 8.69. The number of nitrogens with one attached hydrogen (secondary N) is 1. The molecule has 1 aromatic heterocycles. The van der Waals surface area contributed by atoms with Crippen LogP contribution in [0.5, 0.6) is 0 Å². The summed E-state index contributed by atoms with van der Waals surface area (Å²) in [7, 11) is 0. The summed E-state index contributed by atoms with van der Waals surface area (Å²) >= 11 is 1.33. The second-order valence-corrected chi connectivity index (χ2v) is 7.81. The molecule has 3 aliphatic heterocycles. The van der Waals surface area contributed by atoms with E-state index in [0.717, 1.165) is 0 Å². The second-order valence-electron chi connectivity index (χ2n) is 6.92. The number of hydrogen-bond acceptors (Lipinski definition) is 8. The third-order valence-electron chi connectivity index (χ3n) is 4.08. The van der Waals surface area contributed by atoms with Crippen LogP contribution in [0.3, 0.4) is 0 Å². The summed E-state index contributed by atoms with van der Waals surface area (Å²) in [4.78, 5) is 16.7. The maximum atomic E-state index is 12.7. The number of rotatable bonds is 2. The molecule has 3 saturated heterocycles. The summed E-state index contributed by atoms with van der Waals surface area (Å²) in [5.74, 6) is -1.98. The van der Waals surface area contributed by atoms with Gasteiger partial charge in [0.2, 0.25) is 0 Å². The Morgan fingerprint density at radius 2 is 1.75 bits per heavy atom. The van der Waals surface area contributed by atoms with Crippen molar-refractivity contribution in [3.63, 3.8) is 0 Å². The van der Waals surface area contributed by atoms with Gasteiger partial charge in [-0.15, -0.1) is 11.3 Å². The van der Waals surface area contributed by atoms with E-state index in [1.807, 2.05) is 0 Å². The van der Waals surface area contributed by atoms with Gasteiger partial charge in [0, 0.05) is 11.6 Å². The van der Waals surface area contributed by atoms with Gasteiger partial charge in [-0.3, -0.25) is 10.1 Å². The van der Waals surface area contributed by atoms with Gasteiger partial charge in [0.25, 0.3) is 5.91 Å². The van der Waals surface area contributed by atoms with E-state index >= 15 is 0 Å². The number of fused-ring (bicyclic) bond motifs is 3. The van der Waals surface area contributed by atoms with Crippen LogP contribution in [0.2, 0.25) is 0 Å². The van der Waals surface area contributed by atoms with Crippen molar-refractivity contribution in [3.05, 3.63) is 11.6 Å². The molecule has 8 nitrogen and oxygen atoms in total. The largest absolute Gasteiger partial charge is 0.342 e. The first-order chi connectivity index (χ1) is 11.2. The van der Waals surface area contributed by atoms with Crippen LogP contribution in [0.4, 0.5) is 5.13 Å². The van der Waals surface area contributed by atoms with Gasteiger partial charge >= 0.3 is 0 Å². The summed E-state index contributed by atoms with van der Waals surface area (Å²) in [5, 5.41) is 5.03. The van der Waals surface area contributed by atoms with Crippen molar-refractivity contribution in [1.29, 1.82) is 0 Å². The SMILES string of the molecule is CC1(C)O[C@@H]2O[C@@H](C(=O)Nc3nccs3)[C@H]3OC(C)(C)O[C@@H]3[C@H]2O1. The lowest BCUT2D eigenvalue weighted by Gasteiger charge is -2.36. The number of aromatic nitrogens is 1. The first-order valence-electron chi connectivity index (χ1n) is 7.81.